The first-order valence-electron chi connectivity index (χ1n) is 5.12. The molecule has 1 aliphatic rings. The van der Waals surface area contributed by atoms with Gasteiger partial charge in [0.15, 0.2) is 0 Å². The number of hydrogen-bond acceptors (Lipinski definition) is 3. The highest BCUT2D eigenvalue weighted by Gasteiger charge is 2.21. The van der Waals surface area contributed by atoms with Crippen LogP contribution in [0.4, 0.5) is 0 Å². The number of carbonyl (C=O) groups is 1. The van der Waals surface area contributed by atoms with Crippen LogP contribution in [0.1, 0.15) is 21.5 Å². The Morgan fingerprint density at radius 2 is 2.13 bits per heavy atom. The summed E-state index contributed by atoms with van der Waals surface area (Å²) in [4.78, 5) is 11.3. The largest absolute Gasteiger partial charge is 0.465 e. The van der Waals surface area contributed by atoms with Crippen molar-refractivity contribution in [3.8, 4) is 0 Å². The summed E-state index contributed by atoms with van der Waals surface area (Å²) in [6.45, 7) is 0. The minimum Gasteiger partial charge on any atom is -0.465 e. The van der Waals surface area contributed by atoms with Crippen molar-refractivity contribution in [2.75, 3.05) is 14.2 Å². The number of carbonyl (C=O) groups excluding carboxylic acids is 1. The van der Waals surface area contributed by atoms with Crippen molar-refractivity contribution in [2.45, 2.75) is 18.9 Å². The van der Waals surface area contributed by atoms with Gasteiger partial charge in [-0.25, -0.2) is 4.79 Å². The number of hydrogen-bond donors (Lipinski definition) is 1. The molecule has 0 bridgehead atoms. The molecule has 0 saturated heterocycles. The van der Waals surface area contributed by atoms with Gasteiger partial charge < -0.3 is 10.1 Å². The number of esters is 1. The van der Waals surface area contributed by atoms with Gasteiger partial charge in [-0.05, 0) is 43.1 Å². The number of rotatable bonds is 2. The predicted molar refractivity (Wildman–Crippen MR) is 58.0 cm³/mol. The van der Waals surface area contributed by atoms with Crippen LogP contribution in [0.15, 0.2) is 18.2 Å². The fraction of sp³-hybridized carbons (Fsp3) is 0.417. The van der Waals surface area contributed by atoms with Gasteiger partial charge in [0, 0.05) is 6.04 Å². The van der Waals surface area contributed by atoms with Gasteiger partial charge in [0.25, 0.3) is 0 Å². The van der Waals surface area contributed by atoms with Crippen molar-refractivity contribution in [1.82, 2.24) is 5.32 Å². The first-order valence-corrected chi connectivity index (χ1v) is 5.12. The van der Waals surface area contributed by atoms with Crippen LogP contribution in [-0.2, 0) is 17.6 Å². The molecule has 0 heterocycles. The van der Waals surface area contributed by atoms with Crippen LogP contribution in [0.3, 0.4) is 0 Å². The summed E-state index contributed by atoms with van der Waals surface area (Å²) >= 11 is 0. The molecule has 1 aliphatic carbocycles. The van der Waals surface area contributed by atoms with E-state index in [1.807, 2.05) is 25.2 Å². The first kappa shape index (κ1) is 10.2. The SMILES string of the molecule is CNC1Cc2ccc(C(=O)OC)cc2C1. The number of methoxy groups -OCH3 is 1. The molecule has 1 N–H and O–H groups in total. The van der Waals surface area contributed by atoms with Gasteiger partial charge in [-0.15, -0.1) is 0 Å². The summed E-state index contributed by atoms with van der Waals surface area (Å²) in [6.07, 6.45) is 2.05. The van der Waals surface area contributed by atoms with Gasteiger partial charge >= 0.3 is 5.97 Å². The maximum Gasteiger partial charge on any atom is 0.337 e. The monoisotopic (exact) mass is 205 g/mol. The Kier molecular flexibility index (Phi) is 2.73. The van der Waals surface area contributed by atoms with Gasteiger partial charge in [-0.1, -0.05) is 6.07 Å². The van der Waals surface area contributed by atoms with Crippen molar-refractivity contribution in [3.63, 3.8) is 0 Å². The molecule has 3 nitrogen and oxygen atoms in total. The fourth-order valence-electron chi connectivity index (χ4n) is 2.07. The number of nitrogens with one attached hydrogen (secondary N) is 1. The molecular weight excluding hydrogens is 190 g/mol. The zero-order chi connectivity index (χ0) is 10.8. The van der Waals surface area contributed by atoms with Gasteiger partial charge in [0.1, 0.15) is 0 Å². The van der Waals surface area contributed by atoms with Gasteiger partial charge in [0.05, 0.1) is 12.7 Å². The lowest BCUT2D eigenvalue weighted by Crippen LogP contribution is -2.24. The zero-order valence-electron chi connectivity index (χ0n) is 9.04. The van der Waals surface area contributed by atoms with Gasteiger partial charge in [-0.3, -0.25) is 0 Å². The normalized spacial score (nSPS) is 18.7. The smallest absolute Gasteiger partial charge is 0.337 e. The fourth-order valence-corrected chi connectivity index (χ4v) is 2.07. The van der Waals surface area contributed by atoms with E-state index in [-0.39, 0.29) is 5.97 Å². The minimum atomic E-state index is -0.259. The Hall–Kier alpha value is -1.35. The summed E-state index contributed by atoms with van der Waals surface area (Å²) < 4.78 is 4.69. The molecule has 2 rings (SSSR count). The van der Waals surface area contributed by atoms with Crippen molar-refractivity contribution in [2.24, 2.45) is 0 Å². The van der Waals surface area contributed by atoms with E-state index in [4.69, 9.17) is 4.74 Å². The van der Waals surface area contributed by atoms with Crippen molar-refractivity contribution in [3.05, 3.63) is 34.9 Å². The molecule has 0 aromatic heterocycles. The summed E-state index contributed by atoms with van der Waals surface area (Å²) in [6, 6.07) is 6.31. The zero-order valence-corrected chi connectivity index (χ0v) is 9.04. The molecular formula is C12H15NO2. The van der Waals surface area contributed by atoms with E-state index in [0.717, 1.165) is 12.8 Å². The number of fused-ring (bicyclic) bond motifs is 1. The maximum atomic E-state index is 11.3. The summed E-state index contributed by atoms with van der Waals surface area (Å²) in [7, 11) is 3.38. The first-order chi connectivity index (χ1) is 7.24. The Morgan fingerprint density at radius 3 is 2.80 bits per heavy atom. The van der Waals surface area contributed by atoms with Crippen molar-refractivity contribution < 1.29 is 9.53 Å². The lowest BCUT2D eigenvalue weighted by molar-refractivity contribution is 0.0600. The van der Waals surface area contributed by atoms with E-state index in [9.17, 15) is 4.79 Å². The molecule has 0 spiro atoms. The average molecular weight is 205 g/mol. The quantitative estimate of drug-likeness (QED) is 0.736. The molecule has 0 saturated carbocycles. The molecule has 1 unspecified atom stereocenters. The highest BCUT2D eigenvalue weighted by Crippen LogP contribution is 2.23. The van der Waals surface area contributed by atoms with Crippen LogP contribution < -0.4 is 5.32 Å². The lowest BCUT2D eigenvalue weighted by Gasteiger charge is -2.04. The Bertz CT molecular complexity index is 387. The van der Waals surface area contributed by atoms with Crippen LogP contribution in [0.25, 0.3) is 0 Å². The Labute approximate surface area is 89.4 Å². The Balaban J connectivity index is 2.26. The molecule has 3 heteroatoms. The third-order valence-electron chi connectivity index (χ3n) is 2.97. The molecule has 0 aliphatic heterocycles. The minimum absolute atomic E-state index is 0.259. The second-order valence-corrected chi connectivity index (χ2v) is 3.87. The molecule has 0 amide bonds. The van der Waals surface area contributed by atoms with Crippen LogP contribution in [-0.4, -0.2) is 26.2 Å². The van der Waals surface area contributed by atoms with E-state index in [0.29, 0.717) is 11.6 Å². The number of benzene rings is 1. The second-order valence-electron chi connectivity index (χ2n) is 3.87. The van der Waals surface area contributed by atoms with Crippen molar-refractivity contribution in [1.29, 1.82) is 0 Å². The highest BCUT2D eigenvalue weighted by atomic mass is 16.5. The molecule has 0 radical (unpaired) electrons. The highest BCUT2D eigenvalue weighted by molar-refractivity contribution is 5.89. The molecule has 80 valence electrons. The lowest BCUT2D eigenvalue weighted by atomic mass is 10.1. The van der Waals surface area contributed by atoms with Crippen LogP contribution in [0.5, 0.6) is 0 Å². The van der Waals surface area contributed by atoms with Crippen LogP contribution in [0, 0.1) is 0 Å². The number of ether oxygens (including phenoxy) is 1. The van der Waals surface area contributed by atoms with E-state index in [1.165, 1.54) is 18.2 Å². The second kappa shape index (κ2) is 4.03. The van der Waals surface area contributed by atoms with Crippen LogP contribution in [0.2, 0.25) is 0 Å². The van der Waals surface area contributed by atoms with Gasteiger partial charge in [-0.2, -0.15) is 0 Å². The van der Waals surface area contributed by atoms with E-state index >= 15 is 0 Å². The predicted octanol–water partition coefficient (Wildman–Crippen LogP) is 1.16. The molecule has 15 heavy (non-hydrogen) atoms. The third-order valence-corrected chi connectivity index (χ3v) is 2.97. The maximum absolute atomic E-state index is 11.3. The van der Waals surface area contributed by atoms with Gasteiger partial charge in [0.2, 0.25) is 0 Å². The molecule has 1 aromatic rings. The van der Waals surface area contributed by atoms with Crippen LogP contribution >= 0.6 is 0 Å². The summed E-state index contributed by atoms with van der Waals surface area (Å²) in [5.41, 5.74) is 3.24. The average Bonchev–Trinajstić information content (AvgIpc) is 2.69. The topological polar surface area (TPSA) is 38.3 Å². The van der Waals surface area contributed by atoms with E-state index in [2.05, 4.69) is 5.32 Å². The summed E-state index contributed by atoms with van der Waals surface area (Å²) in [5.74, 6) is -0.259. The Morgan fingerprint density at radius 1 is 1.40 bits per heavy atom. The molecule has 1 atom stereocenters. The molecule has 0 fully saturated rings. The van der Waals surface area contributed by atoms with E-state index < -0.39 is 0 Å². The molecule has 1 aromatic carbocycles. The number of likely N-dealkylation sites (N-methyl/N-ethyl adjacent to an activating group) is 1. The third kappa shape index (κ3) is 1.88. The van der Waals surface area contributed by atoms with Crippen molar-refractivity contribution >= 4 is 5.97 Å². The summed E-state index contributed by atoms with van der Waals surface area (Å²) in [5, 5.41) is 3.26. The standard InChI is InChI=1S/C12H15NO2/c1-13-11-6-8-3-4-9(12(14)15-2)5-10(8)7-11/h3-5,11,13H,6-7H2,1-2H3. The van der Waals surface area contributed by atoms with E-state index in [1.54, 1.807) is 0 Å².